The molecule has 0 saturated carbocycles. The molecular weight excluding hydrogens is 308 g/mol. The SMILES string of the molecule is COc1ccc(C(=O)Nc2c(Cl)ncnc2Cl)c(F)c1. The molecule has 5 nitrogen and oxygen atoms in total. The molecule has 20 heavy (non-hydrogen) atoms. The number of halogens is 3. The van der Waals surface area contributed by atoms with Gasteiger partial charge in [0.15, 0.2) is 10.3 Å². The second-order valence-electron chi connectivity index (χ2n) is 3.63. The Morgan fingerprint density at radius 1 is 1.30 bits per heavy atom. The van der Waals surface area contributed by atoms with Crippen molar-refractivity contribution in [3.8, 4) is 5.75 Å². The van der Waals surface area contributed by atoms with Crippen LogP contribution in [0.15, 0.2) is 24.5 Å². The third-order valence-corrected chi connectivity index (χ3v) is 2.99. The number of carbonyl (C=O) groups excluding carboxylic acids is 1. The van der Waals surface area contributed by atoms with Crippen molar-refractivity contribution in [1.29, 1.82) is 0 Å². The van der Waals surface area contributed by atoms with Crippen LogP contribution in [0.5, 0.6) is 5.75 Å². The van der Waals surface area contributed by atoms with Crippen LogP contribution in [0.4, 0.5) is 10.1 Å². The van der Waals surface area contributed by atoms with Gasteiger partial charge in [-0.2, -0.15) is 0 Å². The molecule has 2 aromatic rings. The van der Waals surface area contributed by atoms with Crippen LogP contribution >= 0.6 is 23.2 Å². The van der Waals surface area contributed by atoms with Gasteiger partial charge in [0.25, 0.3) is 5.91 Å². The van der Waals surface area contributed by atoms with Crippen LogP contribution in [0.2, 0.25) is 10.3 Å². The van der Waals surface area contributed by atoms with Crippen LogP contribution in [0.3, 0.4) is 0 Å². The molecule has 1 aromatic heterocycles. The van der Waals surface area contributed by atoms with E-state index in [0.717, 1.165) is 12.4 Å². The van der Waals surface area contributed by atoms with Crippen molar-refractivity contribution in [3.63, 3.8) is 0 Å². The number of nitrogens with zero attached hydrogens (tertiary/aromatic N) is 2. The maximum atomic E-state index is 13.8. The lowest BCUT2D eigenvalue weighted by atomic mass is 10.2. The third-order valence-electron chi connectivity index (χ3n) is 2.41. The van der Waals surface area contributed by atoms with E-state index in [9.17, 15) is 9.18 Å². The highest BCUT2D eigenvalue weighted by Gasteiger charge is 2.16. The van der Waals surface area contributed by atoms with E-state index in [2.05, 4.69) is 15.3 Å². The molecule has 0 bridgehead atoms. The zero-order valence-electron chi connectivity index (χ0n) is 10.2. The Balaban J connectivity index is 2.29. The molecule has 0 radical (unpaired) electrons. The van der Waals surface area contributed by atoms with E-state index in [1.54, 1.807) is 0 Å². The number of hydrogen-bond acceptors (Lipinski definition) is 4. The number of hydrogen-bond donors (Lipinski definition) is 1. The molecule has 0 aliphatic heterocycles. The minimum Gasteiger partial charge on any atom is -0.497 e. The summed E-state index contributed by atoms with van der Waals surface area (Å²) in [6.45, 7) is 0. The fourth-order valence-corrected chi connectivity index (χ4v) is 1.84. The summed E-state index contributed by atoms with van der Waals surface area (Å²) in [5, 5.41) is 2.29. The maximum absolute atomic E-state index is 13.8. The van der Waals surface area contributed by atoms with Gasteiger partial charge in [-0.05, 0) is 12.1 Å². The average Bonchev–Trinajstić information content (AvgIpc) is 2.42. The first-order valence-electron chi connectivity index (χ1n) is 5.34. The van der Waals surface area contributed by atoms with Crippen molar-refractivity contribution < 1.29 is 13.9 Å². The number of nitrogens with one attached hydrogen (secondary N) is 1. The first-order valence-corrected chi connectivity index (χ1v) is 6.09. The summed E-state index contributed by atoms with van der Waals surface area (Å²) < 4.78 is 18.6. The molecule has 8 heteroatoms. The first-order chi connectivity index (χ1) is 9.52. The van der Waals surface area contributed by atoms with Gasteiger partial charge in [0.05, 0.1) is 12.7 Å². The summed E-state index contributed by atoms with van der Waals surface area (Å²) in [6, 6.07) is 3.84. The van der Waals surface area contributed by atoms with E-state index in [1.165, 1.54) is 19.2 Å². The molecule has 1 aromatic carbocycles. The van der Waals surface area contributed by atoms with Gasteiger partial charge in [-0.1, -0.05) is 23.2 Å². The lowest BCUT2D eigenvalue weighted by molar-refractivity contribution is 0.102. The quantitative estimate of drug-likeness (QED) is 0.883. The predicted octanol–water partition coefficient (Wildman–Crippen LogP) is 3.18. The van der Waals surface area contributed by atoms with E-state index in [4.69, 9.17) is 27.9 Å². The van der Waals surface area contributed by atoms with Crippen LogP contribution in [-0.2, 0) is 0 Å². The largest absolute Gasteiger partial charge is 0.497 e. The van der Waals surface area contributed by atoms with Crippen LogP contribution in [0.1, 0.15) is 10.4 Å². The third kappa shape index (κ3) is 2.97. The van der Waals surface area contributed by atoms with E-state index < -0.39 is 11.7 Å². The van der Waals surface area contributed by atoms with Crippen LogP contribution in [0, 0.1) is 5.82 Å². The van der Waals surface area contributed by atoms with Crippen LogP contribution in [0.25, 0.3) is 0 Å². The van der Waals surface area contributed by atoms with Gasteiger partial charge in [-0.25, -0.2) is 14.4 Å². The lowest BCUT2D eigenvalue weighted by Gasteiger charge is -2.09. The van der Waals surface area contributed by atoms with Crippen LogP contribution < -0.4 is 10.1 Å². The number of aromatic nitrogens is 2. The second-order valence-corrected chi connectivity index (χ2v) is 4.35. The number of benzene rings is 1. The number of amides is 1. The van der Waals surface area contributed by atoms with E-state index >= 15 is 0 Å². The van der Waals surface area contributed by atoms with E-state index in [0.29, 0.717) is 5.75 Å². The van der Waals surface area contributed by atoms with Crippen LogP contribution in [-0.4, -0.2) is 23.0 Å². The van der Waals surface area contributed by atoms with Crippen molar-refractivity contribution in [1.82, 2.24) is 9.97 Å². The topological polar surface area (TPSA) is 64.1 Å². The van der Waals surface area contributed by atoms with E-state index in [1.807, 2.05) is 0 Å². The van der Waals surface area contributed by atoms with Gasteiger partial charge in [0.1, 0.15) is 23.6 Å². The van der Waals surface area contributed by atoms with Gasteiger partial charge in [-0.3, -0.25) is 4.79 Å². The second kappa shape index (κ2) is 6.02. The van der Waals surface area contributed by atoms with Gasteiger partial charge >= 0.3 is 0 Å². The zero-order valence-corrected chi connectivity index (χ0v) is 11.7. The van der Waals surface area contributed by atoms with Gasteiger partial charge in [-0.15, -0.1) is 0 Å². The maximum Gasteiger partial charge on any atom is 0.258 e. The standard InChI is InChI=1S/C12H8Cl2FN3O2/c1-20-6-2-3-7(8(15)4-6)12(19)18-9-10(13)16-5-17-11(9)14/h2-5H,1H3,(H,18,19). The Bertz CT molecular complexity index is 647. The molecule has 0 aliphatic carbocycles. The first kappa shape index (κ1) is 14.5. The van der Waals surface area contributed by atoms with Crippen molar-refractivity contribution in [2.75, 3.05) is 12.4 Å². The normalized spacial score (nSPS) is 10.2. The summed E-state index contributed by atoms with van der Waals surface area (Å²) in [6.07, 6.45) is 1.15. The zero-order chi connectivity index (χ0) is 14.7. The Labute approximate surface area is 123 Å². The van der Waals surface area contributed by atoms with Crippen molar-refractivity contribution in [2.45, 2.75) is 0 Å². The Hall–Kier alpha value is -1.92. The number of anilines is 1. The van der Waals surface area contributed by atoms with Gasteiger partial charge < -0.3 is 10.1 Å². The Kier molecular flexibility index (Phi) is 4.36. The van der Waals surface area contributed by atoms with E-state index in [-0.39, 0.29) is 21.6 Å². The molecule has 1 N–H and O–H groups in total. The van der Waals surface area contributed by atoms with Crippen molar-refractivity contribution >= 4 is 34.8 Å². The highest BCUT2D eigenvalue weighted by Crippen LogP contribution is 2.26. The number of methoxy groups -OCH3 is 1. The monoisotopic (exact) mass is 315 g/mol. The minimum atomic E-state index is -0.731. The number of ether oxygens (including phenoxy) is 1. The Morgan fingerprint density at radius 2 is 1.95 bits per heavy atom. The molecule has 0 unspecified atom stereocenters. The summed E-state index contributed by atoms with van der Waals surface area (Å²) in [5.74, 6) is -1.15. The highest BCUT2D eigenvalue weighted by molar-refractivity contribution is 6.38. The Morgan fingerprint density at radius 3 is 2.50 bits per heavy atom. The highest BCUT2D eigenvalue weighted by atomic mass is 35.5. The molecule has 0 saturated heterocycles. The fraction of sp³-hybridized carbons (Fsp3) is 0.0833. The number of carbonyl (C=O) groups is 1. The molecule has 0 fully saturated rings. The minimum absolute atomic E-state index is 0.0241. The molecule has 104 valence electrons. The molecule has 1 heterocycles. The average molecular weight is 316 g/mol. The lowest BCUT2D eigenvalue weighted by Crippen LogP contribution is -2.15. The molecule has 1 amide bonds. The smallest absolute Gasteiger partial charge is 0.258 e. The summed E-state index contributed by atoms with van der Waals surface area (Å²) >= 11 is 11.6. The molecule has 0 spiro atoms. The van der Waals surface area contributed by atoms with Crippen molar-refractivity contribution in [3.05, 3.63) is 46.2 Å². The summed E-state index contributed by atoms with van der Waals surface area (Å²) in [7, 11) is 1.40. The fourth-order valence-electron chi connectivity index (χ4n) is 1.44. The number of rotatable bonds is 3. The molecule has 2 rings (SSSR count). The van der Waals surface area contributed by atoms with Gasteiger partial charge in [0, 0.05) is 6.07 Å². The summed E-state index contributed by atoms with van der Waals surface area (Å²) in [4.78, 5) is 19.3. The molecule has 0 aliphatic rings. The van der Waals surface area contributed by atoms with Crippen molar-refractivity contribution in [2.24, 2.45) is 0 Å². The molecule has 0 atom stereocenters. The van der Waals surface area contributed by atoms with Gasteiger partial charge in [0.2, 0.25) is 0 Å². The predicted molar refractivity (Wildman–Crippen MR) is 73.0 cm³/mol. The summed E-state index contributed by atoms with van der Waals surface area (Å²) in [5.41, 5.74) is -0.155. The molecular formula is C12H8Cl2FN3O2.